The van der Waals surface area contributed by atoms with Crippen molar-refractivity contribution in [1.29, 1.82) is 0 Å². The van der Waals surface area contributed by atoms with Crippen molar-refractivity contribution in [3.63, 3.8) is 0 Å². The molecule has 1 amide bonds. The van der Waals surface area contributed by atoms with Gasteiger partial charge in [-0.2, -0.15) is 0 Å². The maximum Gasteiger partial charge on any atom is 0.353 e. The minimum Gasteiger partial charge on any atom is -0.477 e. The van der Waals surface area contributed by atoms with E-state index in [1.807, 2.05) is 0 Å². The van der Waals surface area contributed by atoms with Gasteiger partial charge in [0.15, 0.2) is 0 Å². The normalized spacial score (nSPS) is 27.4. The van der Waals surface area contributed by atoms with Crippen LogP contribution in [-0.4, -0.2) is 44.5 Å². The summed E-state index contributed by atoms with van der Waals surface area (Å²) in [4.78, 5) is 25.4. The number of nitrogens with two attached hydrogens (primary N) is 1. The highest BCUT2D eigenvalue weighted by atomic mass is 32.2. The van der Waals surface area contributed by atoms with Crippen LogP contribution in [0.2, 0.25) is 0 Å². The average Bonchev–Trinajstić information content (AvgIpc) is 2.73. The maximum atomic E-state index is 12.0. The SMILES string of the molecule is CCCCC[C@@H](N)C1=C(C(=O)O)N2C(=O)[C@H](C(C)O)[C@H]2S1. The zero-order valence-corrected chi connectivity index (χ0v) is 13.1. The number of hydrogen-bond donors (Lipinski definition) is 3. The highest BCUT2D eigenvalue weighted by molar-refractivity contribution is 8.04. The van der Waals surface area contributed by atoms with Gasteiger partial charge in [0.2, 0.25) is 5.91 Å². The Balaban J connectivity index is 2.16. The molecule has 4 N–H and O–H groups in total. The summed E-state index contributed by atoms with van der Waals surface area (Å²) in [5, 5.41) is 18.7. The predicted molar refractivity (Wildman–Crippen MR) is 80.2 cm³/mol. The molecule has 118 valence electrons. The van der Waals surface area contributed by atoms with Crippen LogP contribution in [0, 0.1) is 5.92 Å². The summed E-state index contributed by atoms with van der Waals surface area (Å²) >= 11 is 1.32. The van der Waals surface area contributed by atoms with E-state index in [9.17, 15) is 19.8 Å². The van der Waals surface area contributed by atoms with Crippen LogP contribution >= 0.6 is 11.8 Å². The number of carbonyl (C=O) groups is 2. The van der Waals surface area contributed by atoms with Crippen molar-refractivity contribution < 1.29 is 19.8 Å². The van der Waals surface area contributed by atoms with Gasteiger partial charge < -0.3 is 15.9 Å². The van der Waals surface area contributed by atoms with E-state index < -0.39 is 18.0 Å². The Bertz CT molecular complexity index is 478. The molecule has 7 heteroatoms. The summed E-state index contributed by atoms with van der Waals surface area (Å²) in [5.74, 6) is -1.98. The first kappa shape index (κ1) is 16.3. The number of fused-ring (bicyclic) bond motifs is 1. The second kappa shape index (κ2) is 6.37. The summed E-state index contributed by atoms with van der Waals surface area (Å²) in [7, 11) is 0. The molecule has 0 aliphatic carbocycles. The van der Waals surface area contributed by atoms with E-state index in [0.29, 0.717) is 11.3 Å². The fourth-order valence-corrected chi connectivity index (χ4v) is 4.47. The maximum absolute atomic E-state index is 12.0. The van der Waals surface area contributed by atoms with Crippen molar-refractivity contribution in [3.8, 4) is 0 Å². The predicted octanol–water partition coefficient (Wildman–Crippen LogP) is 1.10. The van der Waals surface area contributed by atoms with Crippen molar-refractivity contribution in [2.24, 2.45) is 11.7 Å². The number of aliphatic carboxylic acids is 1. The van der Waals surface area contributed by atoms with E-state index in [4.69, 9.17) is 5.73 Å². The number of carboxylic acids is 1. The fourth-order valence-electron chi connectivity index (χ4n) is 2.82. The Morgan fingerprint density at radius 2 is 2.14 bits per heavy atom. The second-order valence-corrected chi connectivity index (χ2v) is 6.76. The Kier molecular flexibility index (Phi) is 4.95. The van der Waals surface area contributed by atoms with Crippen LogP contribution in [0.25, 0.3) is 0 Å². The first-order chi connectivity index (χ1) is 9.90. The third kappa shape index (κ3) is 2.82. The number of carboxylic acid groups (broad SMARTS) is 1. The van der Waals surface area contributed by atoms with E-state index in [0.717, 1.165) is 19.3 Å². The molecule has 4 atom stereocenters. The van der Waals surface area contributed by atoms with Gasteiger partial charge in [0.1, 0.15) is 11.1 Å². The Morgan fingerprint density at radius 3 is 2.67 bits per heavy atom. The van der Waals surface area contributed by atoms with Crippen molar-refractivity contribution >= 4 is 23.6 Å². The van der Waals surface area contributed by atoms with Crippen molar-refractivity contribution in [2.75, 3.05) is 0 Å². The van der Waals surface area contributed by atoms with Gasteiger partial charge in [0.25, 0.3) is 0 Å². The third-order valence-corrected chi connectivity index (χ3v) is 5.48. The molecular weight excluding hydrogens is 292 g/mol. The molecule has 0 bridgehead atoms. The number of hydrogen-bond acceptors (Lipinski definition) is 5. The number of β-lactam (4-membered cyclic amide) rings is 1. The van der Waals surface area contributed by atoms with Gasteiger partial charge in [-0.25, -0.2) is 4.79 Å². The minimum absolute atomic E-state index is 0.0101. The lowest BCUT2D eigenvalue weighted by Crippen LogP contribution is -2.60. The van der Waals surface area contributed by atoms with E-state index in [-0.39, 0.29) is 23.0 Å². The molecule has 0 aromatic rings. The van der Waals surface area contributed by atoms with Crippen LogP contribution in [0.5, 0.6) is 0 Å². The monoisotopic (exact) mass is 314 g/mol. The number of aliphatic hydroxyl groups is 1. The minimum atomic E-state index is -1.12. The molecule has 0 aromatic carbocycles. The van der Waals surface area contributed by atoms with Gasteiger partial charge in [-0.1, -0.05) is 37.9 Å². The number of carbonyl (C=O) groups excluding carboxylic acids is 1. The topological polar surface area (TPSA) is 104 Å². The van der Waals surface area contributed by atoms with Gasteiger partial charge in [0.05, 0.1) is 12.0 Å². The average molecular weight is 314 g/mol. The highest BCUT2D eigenvalue weighted by Gasteiger charge is 2.58. The van der Waals surface area contributed by atoms with Crippen LogP contribution in [0.4, 0.5) is 0 Å². The van der Waals surface area contributed by atoms with Crippen molar-refractivity contribution in [1.82, 2.24) is 4.90 Å². The molecule has 2 aliphatic rings. The number of rotatable bonds is 7. The number of thioether (sulfide) groups is 1. The quantitative estimate of drug-likeness (QED) is 0.480. The molecule has 2 aliphatic heterocycles. The summed E-state index contributed by atoms with van der Waals surface area (Å²) < 4.78 is 0. The molecular formula is C14H22N2O4S. The zero-order chi connectivity index (χ0) is 15.7. The van der Waals surface area contributed by atoms with E-state index >= 15 is 0 Å². The number of aliphatic hydroxyl groups excluding tert-OH is 1. The van der Waals surface area contributed by atoms with Gasteiger partial charge in [-0.3, -0.25) is 9.69 Å². The molecule has 0 radical (unpaired) electrons. The number of amides is 1. The van der Waals surface area contributed by atoms with Crippen LogP contribution in [0.1, 0.15) is 39.5 Å². The zero-order valence-electron chi connectivity index (χ0n) is 12.3. The number of nitrogens with zero attached hydrogens (tertiary/aromatic N) is 1. The highest BCUT2D eigenvalue weighted by Crippen LogP contribution is 2.51. The van der Waals surface area contributed by atoms with Gasteiger partial charge >= 0.3 is 5.97 Å². The second-order valence-electron chi connectivity index (χ2n) is 5.60. The van der Waals surface area contributed by atoms with E-state index in [1.54, 1.807) is 6.92 Å². The first-order valence-corrected chi connectivity index (χ1v) is 8.19. The lowest BCUT2D eigenvalue weighted by atomic mass is 9.92. The van der Waals surface area contributed by atoms with Crippen LogP contribution in [-0.2, 0) is 9.59 Å². The first-order valence-electron chi connectivity index (χ1n) is 7.31. The van der Waals surface area contributed by atoms with Crippen LogP contribution in [0.15, 0.2) is 10.6 Å². The van der Waals surface area contributed by atoms with Crippen LogP contribution in [0.3, 0.4) is 0 Å². The third-order valence-electron chi connectivity index (χ3n) is 3.98. The Morgan fingerprint density at radius 1 is 1.48 bits per heavy atom. The molecule has 0 spiro atoms. The van der Waals surface area contributed by atoms with E-state index in [1.165, 1.54) is 16.7 Å². The smallest absolute Gasteiger partial charge is 0.353 e. The summed E-state index contributed by atoms with van der Waals surface area (Å²) in [6.45, 7) is 3.65. The lowest BCUT2D eigenvalue weighted by Gasteiger charge is -2.43. The number of unbranched alkanes of at least 4 members (excludes halogenated alkanes) is 2. The van der Waals surface area contributed by atoms with Gasteiger partial charge in [-0.05, 0) is 13.3 Å². The molecule has 2 rings (SSSR count). The molecule has 0 saturated carbocycles. The molecule has 1 fully saturated rings. The van der Waals surface area contributed by atoms with Crippen molar-refractivity contribution in [3.05, 3.63) is 10.6 Å². The molecule has 1 saturated heterocycles. The standard InChI is InChI=1S/C14H22N2O4S/c1-3-4-5-6-8(15)11-10(14(19)20)16-12(18)9(7(2)17)13(16)21-11/h7-9,13,17H,3-6,15H2,1-2H3,(H,19,20)/t7?,8-,9+,13-/m1/s1. The molecule has 0 aromatic heterocycles. The lowest BCUT2D eigenvalue weighted by molar-refractivity contribution is -0.156. The molecule has 6 nitrogen and oxygen atoms in total. The van der Waals surface area contributed by atoms with Crippen molar-refractivity contribution in [2.45, 2.75) is 57.1 Å². The molecule has 1 unspecified atom stereocenters. The van der Waals surface area contributed by atoms with Crippen LogP contribution < -0.4 is 5.73 Å². The van der Waals surface area contributed by atoms with Gasteiger partial charge in [-0.15, -0.1) is 0 Å². The van der Waals surface area contributed by atoms with Gasteiger partial charge in [0, 0.05) is 10.9 Å². The largest absolute Gasteiger partial charge is 0.477 e. The molecule has 21 heavy (non-hydrogen) atoms. The summed E-state index contributed by atoms with van der Waals surface area (Å²) in [6.07, 6.45) is 2.99. The fraction of sp³-hybridized carbons (Fsp3) is 0.714. The molecule has 2 heterocycles. The Hall–Kier alpha value is -1.05. The summed E-state index contributed by atoms with van der Waals surface area (Å²) in [6, 6.07) is -0.360. The summed E-state index contributed by atoms with van der Waals surface area (Å²) in [5.41, 5.74) is 6.13. The van der Waals surface area contributed by atoms with E-state index in [2.05, 4.69) is 6.92 Å². The Labute approximate surface area is 128 Å².